The summed E-state index contributed by atoms with van der Waals surface area (Å²) in [6.45, 7) is 0.440. The normalized spacial score (nSPS) is 10.3. The van der Waals surface area contributed by atoms with Crippen molar-refractivity contribution in [3.63, 3.8) is 0 Å². The lowest BCUT2D eigenvalue weighted by Crippen LogP contribution is -2.28. The first-order valence-corrected chi connectivity index (χ1v) is 6.50. The Kier molecular flexibility index (Phi) is 4.17. The van der Waals surface area contributed by atoms with E-state index in [1.807, 2.05) is 6.07 Å². The molecule has 0 saturated heterocycles. The number of carboxylic acid groups (broad SMARTS) is 1. The van der Waals surface area contributed by atoms with Crippen molar-refractivity contribution in [2.45, 2.75) is 6.54 Å². The molecule has 0 atom stereocenters. The molecule has 2 aromatic rings. The van der Waals surface area contributed by atoms with Gasteiger partial charge in [-0.15, -0.1) is 11.3 Å². The molecular formula is C12H11ClN2O2S. The standard InChI is InChI=1S/C12H11ClN2O2S/c13-9-2-1-3-10(4-9)15(7-12(16)17)6-11-5-14-8-18-11/h1-5,8H,6-7H2,(H,16,17). The molecule has 0 aliphatic heterocycles. The van der Waals surface area contributed by atoms with Crippen LogP contribution in [0, 0.1) is 0 Å². The zero-order valence-electron chi connectivity index (χ0n) is 9.41. The van der Waals surface area contributed by atoms with Gasteiger partial charge in [0.15, 0.2) is 0 Å². The molecule has 0 saturated carbocycles. The number of hydrogen-bond donors (Lipinski definition) is 1. The Balaban J connectivity index is 2.21. The third-order valence-electron chi connectivity index (χ3n) is 2.33. The predicted octanol–water partition coefficient (Wildman–Crippen LogP) is 2.89. The summed E-state index contributed by atoms with van der Waals surface area (Å²) in [5, 5.41) is 9.55. The number of aliphatic carboxylic acids is 1. The van der Waals surface area contributed by atoms with E-state index in [0.29, 0.717) is 11.6 Å². The summed E-state index contributed by atoms with van der Waals surface area (Å²) in [6.07, 6.45) is 1.74. The van der Waals surface area contributed by atoms with Gasteiger partial charge in [-0.1, -0.05) is 17.7 Å². The van der Waals surface area contributed by atoms with E-state index in [9.17, 15) is 4.79 Å². The van der Waals surface area contributed by atoms with Crippen molar-refractivity contribution >= 4 is 34.6 Å². The molecular weight excluding hydrogens is 272 g/mol. The van der Waals surface area contributed by atoms with Crippen LogP contribution in [0.15, 0.2) is 36.0 Å². The molecule has 0 bridgehead atoms. The van der Waals surface area contributed by atoms with Crippen LogP contribution in [0.2, 0.25) is 5.02 Å². The van der Waals surface area contributed by atoms with Crippen LogP contribution in [0.1, 0.15) is 4.88 Å². The summed E-state index contributed by atoms with van der Waals surface area (Å²) in [5.41, 5.74) is 2.52. The Morgan fingerprint density at radius 3 is 2.94 bits per heavy atom. The van der Waals surface area contributed by atoms with Gasteiger partial charge in [-0.05, 0) is 18.2 Å². The van der Waals surface area contributed by atoms with Crippen molar-refractivity contribution < 1.29 is 9.90 Å². The summed E-state index contributed by atoms with van der Waals surface area (Å²) >= 11 is 7.42. The smallest absolute Gasteiger partial charge is 0.323 e. The summed E-state index contributed by atoms with van der Waals surface area (Å²) in [5.74, 6) is -0.875. The average Bonchev–Trinajstić information content (AvgIpc) is 2.80. The third kappa shape index (κ3) is 3.45. The van der Waals surface area contributed by atoms with Crippen LogP contribution in [0.25, 0.3) is 0 Å². The van der Waals surface area contributed by atoms with Crippen molar-refractivity contribution in [2.75, 3.05) is 11.4 Å². The maximum absolute atomic E-state index is 10.9. The average molecular weight is 283 g/mol. The van der Waals surface area contributed by atoms with Gasteiger partial charge in [-0.25, -0.2) is 0 Å². The minimum absolute atomic E-state index is 0.0712. The Morgan fingerprint density at radius 2 is 2.33 bits per heavy atom. The van der Waals surface area contributed by atoms with Crippen LogP contribution in [0.3, 0.4) is 0 Å². The summed E-state index contributed by atoms with van der Waals surface area (Å²) in [6, 6.07) is 7.16. The lowest BCUT2D eigenvalue weighted by molar-refractivity contribution is -0.135. The first-order chi connectivity index (χ1) is 8.65. The van der Waals surface area contributed by atoms with Crippen LogP contribution in [-0.2, 0) is 11.3 Å². The van der Waals surface area contributed by atoms with Gasteiger partial charge in [0.05, 0.1) is 12.1 Å². The highest BCUT2D eigenvalue weighted by molar-refractivity contribution is 7.09. The van der Waals surface area contributed by atoms with Gasteiger partial charge in [0.2, 0.25) is 0 Å². The van der Waals surface area contributed by atoms with E-state index in [4.69, 9.17) is 16.7 Å². The number of anilines is 1. The first-order valence-electron chi connectivity index (χ1n) is 5.25. The van der Waals surface area contributed by atoms with Crippen molar-refractivity contribution in [1.82, 2.24) is 4.98 Å². The van der Waals surface area contributed by atoms with Crippen molar-refractivity contribution in [2.24, 2.45) is 0 Å². The monoisotopic (exact) mass is 282 g/mol. The third-order valence-corrected chi connectivity index (χ3v) is 3.33. The van der Waals surface area contributed by atoms with Gasteiger partial charge >= 0.3 is 5.97 Å². The fraction of sp³-hybridized carbons (Fsp3) is 0.167. The molecule has 18 heavy (non-hydrogen) atoms. The highest BCUT2D eigenvalue weighted by atomic mass is 35.5. The highest BCUT2D eigenvalue weighted by Gasteiger charge is 2.12. The second kappa shape index (κ2) is 5.84. The lowest BCUT2D eigenvalue weighted by atomic mass is 10.2. The van der Waals surface area contributed by atoms with Gasteiger partial charge in [0.1, 0.15) is 6.54 Å². The highest BCUT2D eigenvalue weighted by Crippen LogP contribution is 2.22. The molecule has 0 aliphatic rings. The van der Waals surface area contributed by atoms with Gasteiger partial charge in [-0.3, -0.25) is 9.78 Å². The van der Waals surface area contributed by atoms with Crippen LogP contribution < -0.4 is 4.90 Å². The number of carboxylic acids is 1. The number of aromatic nitrogens is 1. The topological polar surface area (TPSA) is 53.4 Å². The number of thiazole rings is 1. The predicted molar refractivity (Wildman–Crippen MR) is 72.3 cm³/mol. The Bertz CT molecular complexity index is 531. The molecule has 0 radical (unpaired) electrons. The van der Waals surface area contributed by atoms with Crippen LogP contribution >= 0.6 is 22.9 Å². The maximum atomic E-state index is 10.9. The van der Waals surface area contributed by atoms with Crippen LogP contribution in [0.4, 0.5) is 5.69 Å². The molecule has 0 aliphatic carbocycles. The maximum Gasteiger partial charge on any atom is 0.323 e. The number of carbonyl (C=O) groups is 1. The molecule has 0 spiro atoms. The molecule has 0 fully saturated rings. The Morgan fingerprint density at radius 1 is 1.50 bits per heavy atom. The zero-order valence-corrected chi connectivity index (χ0v) is 11.0. The van der Waals surface area contributed by atoms with E-state index >= 15 is 0 Å². The van der Waals surface area contributed by atoms with Crippen molar-refractivity contribution in [1.29, 1.82) is 0 Å². The number of hydrogen-bond acceptors (Lipinski definition) is 4. The quantitative estimate of drug-likeness (QED) is 0.916. The van der Waals surface area contributed by atoms with Gasteiger partial charge in [0, 0.05) is 21.8 Å². The number of benzene rings is 1. The van der Waals surface area contributed by atoms with Crippen LogP contribution in [0.5, 0.6) is 0 Å². The summed E-state index contributed by atoms with van der Waals surface area (Å²) < 4.78 is 0. The lowest BCUT2D eigenvalue weighted by Gasteiger charge is -2.22. The molecule has 1 aromatic carbocycles. The molecule has 1 heterocycles. The molecule has 0 unspecified atom stereocenters. The fourth-order valence-corrected chi connectivity index (χ4v) is 2.38. The molecule has 1 N–H and O–H groups in total. The molecule has 0 amide bonds. The number of halogens is 1. The molecule has 94 valence electrons. The Hall–Kier alpha value is -1.59. The van der Waals surface area contributed by atoms with Gasteiger partial charge in [0.25, 0.3) is 0 Å². The van der Waals surface area contributed by atoms with Crippen LogP contribution in [-0.4, -0.2) is 22.6 Å². The molecule has 4 nitrogen and oxygen atoms in total. The largest absolute Gasteiger partial charge is 0.480 e. The van der Waals surface area contributed by atoms with E-state index in [2.05, 4.69) is 4.98 Å². The Labute approximate surface area is 113 Å². The fourth-order valence-electron chi connectivity index (χ4n) is 1.58. The van der Waals surface area contributed by atoms with E-state index in [-0.39, 0.29) is 6.54 Å². The van der Waals surface area contributed by atoms with Gasteiger partial charge < -0.3 is 10.0 Å². The van der Waals surface area contributed by atoms with E-state index in [1.165, 1.54) is 11.3 Å². The second-order valence-corrected chi connectivity index (χ2v) is 5.10. The summed E-state index contributed by atoms with van der Waals surface area (Å²) in [4.78, 5) is 17.7. The van der Waals surface area contributed by atoms with Crippen molar-refractivity contribution in [3.8, 4) is 0 Å². The molecule has 2 rings (SSSR count). The SMILES string of the molecule is O=C(O)CN(Cc1cncs1)c1cccc(Cl)c1. The van der Waals surface area contributed by atoms with Gasteiger partial charge in [-0.2, -0.15) is 0 Å². The van der Waals surface area contributed by atoms with Crippen molar-refractivity contribution in [3.05, 3.63) is 45.9 Å². The minimum atomic E-state index is -0.875. The molecule has 6 heteroatoms. The second-order valence-electron chi connectivity index (χ2n) is 3.70. The first kappa shape index (κ1) is 12.9. The zero-order chi connectivity index (χ0) is 13.0. The van der Waals surface area contributed by atoms with E-state index in [0.717, 1.165) is 10.6 Å². The summed E-state index contributed by atoms with van der Waals surface area (Å²) in [7, 11) is 0. The van der Waals surface area contributed by atoms with E-state index in [1.54, 1.807) is 34.8 Å². The minimum Gasteiger partial charge on any atom is -0.480 e. The molecule has 1 aromatic heterocycles. The number of nitrogens with zero attached hydrogens (tertiary/aromatic N) is 2. The number of rotatable bonds is 5. The van der Waals surface area contributed by atoms with E-state index < -0.39 is 5.97 Å².